The van der Waals surface area contributed by atoms with Gasteiger partial charge < -0.3 is 4.74 Å². The molecule has 0 saturated heterocycles. The number of rotatable bonds is 3. The minimum Gasteiger partial charge on any atom is -0.469 e. The first kappa shape index (κ1) is 15.6. The lowest BCUT2D eigenvalue weighted by atomic mass is 9.48. The second kappa shape index (κ2) is 5.54. The van der Waals surface area contributed by atoms with E-state index in [9.17, 15) is 4.79 Å². The van der Waals surface area contributed by atoms with Crippen molar-refractivity contribution in [3.8, 4) is 0 Å². The highest BCUT2D eigenvalue weighted by molar-refractivity contribution is 5.69. The summed E-state index contributed by atoms with van der Waals surface area (Å²) in [5, 5.41) is 0. The van der Waals surface area contributed by atoms with Crippen LogP contribution in [0.5, 0.6) is 0 Å². The molecule has 2 nitrogen and oxygen atoms in total. The zero-order valence-electron chi connectivity index (χ0n) is 13.8. The molecular weight excluding hydrogens is 248 g/mol. The van der Waals surface area contributed by atoms with Gasteiger partial charge in [-0.2, -0.15) is 0 Å². The predicted octanol–water partition coefficient (Wildman–Crippen LogP) is 4.74. The summed E-state index contributed by atoms with van der Waals surface area (Å²) < 4.78 is 4.83. The number of carbonyl (C=O) groups excluding carboxylic acids is 1. The topological polar surface area (TPSA) is 26.3 Å². The van der Waals surface area contributed by atoms with Gasteiger partial charge in [-0.05, 0) is 55.3 Å². The second-order valence-corrected chi connectivity index (χ2v) is 7.75. The molecule has 3 atom stereocenters. The summed E-state index contributed by atoms with van der Waals surface area (Å²) in [6.07, 6.45) is 9.10. The van der Waals surface area contributed by atoms with Crippen LogP contribution in [0.4, 0.5) is 0 Å². The van der Waals surface area contributed by atoms with Gasteiger partial charge in [0.15, 0.2) is 0 Å². The minimum absolute atomic E-state index is 0.0707. The van der Waals surface area contributed by atoms with Gasteiger partial charge in [0.2, 0.25) is 0 Å². The van der Waals surface area contributed by atoms with E-state index in [4.69, 9.17) is 4.74 Å². The fraction of sp³-hybridized carbons (Fsp3) is 0.833. The van der Waals surface area contributed by atoms with Crippen LogP contribution in [0, 0.1) is 22.7 Å². The van der Waals surface area contributed by atoms with Crippen LogP contribution in [0.3, 0.4) is 0 Å². The maximum atomic E-state index is 11.5. The molecule has 0 heterocycles. The summed E-state index contributed by atoms with van der Waals surface area (Å²) in [7, 11) is 1.49. The smallest absolute Gasteiger partial charge is 0.305 e. The van der Waals surface area contributed by atoms with Crippen LogP contribution in [-0.4, -0.2) is 13.1 Å². The molecule has 1 fully saturated rings. The number of fused-ring (bicyclic) bond motifs is 1. The molecule has 0 bridgehead atoms. The Morgan fingerprint density at radius 1 is 1.35 bits per heavy atom. The Bertz CT molecular complexity index is 408. The number of hydrogen-bond donors (Lipinski definition) is 0. The molecule has 0 amide bonds. The molecule has 0 aliphatic heterocycles. The van der Waals surface area contributed by atoms with Crippen molar-refractivity contribution in [3.05, 3.63) is 11.6 Å². The van der Waals surface area contributed by atoms with E-state index in [1.807, 2.05) is 0 Å². The van der Waals surface area contributed by atoms with Crippen molar-refractivity contribution < 1.29 is 9.53 Å². The number of carbonyl (C=O) groups is 1. The van der Waals surface area contributed by atoms with Crippen molar-refractivity contribution in [1.29, 1.82) is 0 Å². The lowest BCUT2D eigenvalue weighted by Crippen LogP contribution is -2.48. The van der Waals surface area contributed by atoms with Crippen molar-refractivity contribution in [1.82, 2.24) is 0 Å². The molecular formula is C18H30O2. The average molecular weight is 278 g/mol. The molecule has 2 aliphatic rings. The van der Waals surface area contributed by atoms with Gasteiger partial charge in [-0.25, -0.2) is 0 Å². The van der Waals surface area contributed by atoms with Crippen molar-refractivity contribution in [2.45, 2.75) is 66.2 Å². The van der Waals surface area contributed by atoms with Crippen molar-refractivity contribution >= 4 is 5.97 Å². The molecule has 1 saturated carbocycles. The Balaban J connectivity index is 2.23. The molecule has 114 valence electrons. The van der Waals surface area contributed by atoms with Crippen LogP contribution >= 0.6 is 0 Å². The first-order chi connectivity index (χ1) is 9.31. The van der Waals surface area contributed by atoms with E-state index in [1.54, 1.807) is 0 Å². The van der Waals surface area contributed by atoms with E-state index >= 15 is 0 Å². The molecule has 20 heavy (non-hydrogen) atoms. The van der Waals surface area contributed by atoms with Crippen LogP contribution in [0.2, 0.25) is 0 Å². The average Bonchev–Trinajstić information content (AvgIpc) is 2.36. The highest BCUT2D eigenvalue weighted by atomic mass is 16.5. The Labute approximate surface area is 124 Å². The maximum absolute atomic E-state index is 11.5. The van der Waals surface area contributed by atoms with Crippen LogP contribution < -0.4 is 0 Å². The lowest BCUT2D eigenvalue weighted by molar-refractivity contribution is -0.141. The van der Waals surface area contributed by atoms with Crippen molar-refractivity contribution in [2.75, 3.05) is 7.11 Å². The van der Waals surface area contributed by atoms with Crippen LogP contribution in [-0.2, 0) is 9.53 Å². The van der Waals surface area contributed by atoms with Crippen LogP contribution in [0.25, 0.3) is 0 Å². The second-order valence-electron chi connectivity index (χ2n) is 7.75. The predicted molar refractivity (Wildman–Crippen MR) is 82.3 cm³/mol. The third-order valence-corrected chi connectivity index (χ3v) is 6.16. The summed E-state index contributed by atoms with van der Waals surface area (Å²) in [4.78, 5) is 11.5. The summed E-state index contributed by atoms with van der Waals surface area (Å²) in [6, 6.07) is 0. The number of methoxy groups -OCH3 is 1. The number of hydrogen-bond acceptors (Lipinski definition) is 2. The molecule has 0 N–H and O–H groups in total. The maximum Gasteiger partial charge on any atom is 0.305 e. The van der Waals surface area contributed by atoms with Gasteiger partial charge >= 0.3 is 5.97 Å². The molecule has 0 spiro atoms. The highest BCUT2D eigenvalue weighted by Gasteiger charge is 2.51. The molecule has 0 aromatic carbocycles. The zero-order chi connectivity index (χ0) is 15.0. The molecule has 0 unspecified atom stereocenters. The van der Waals surface area contributed by atoms with Gasteiger partial charge in [-0.1, -0.05) is 38.8 Å². The number of ether oxygens (including phenoxy) is 1. The summed E-state index contributed by atoms with van der Waals surface area (Å²) >= 11 is 0. The summed E-state index contributed by atoms with van der Waals surface area (Å²) in [5.74, 6) is 1.22. The molecule has 2 aliphatic carbocycles. The Morgan fingerprint density at radius 2 is 2.05 bits per heavy atom. The fourth-order valence-electron chi connectivity index (χ4n) is 5.06. The molecule has 0 aromatic heterocycles. The van der Waals surface area contributed by atoms with Gasteiger partial charge in [-0.15, -0.1) is 0 Å². The standard InChI is InChI=1S/C18H30O2/c1-13-7-9-15-17(2,3)11-6-12-18(15,4)14(13)8-10-16(19)20-5/h7,14-15H,6,8-12H2,1-5H3/t14-,15+,18-/m1/s1. The van der Waals surface area contributed by atoms with Gasteiger partial charge in [0.1, 0.15) is 0 Å². The van der Waals surface area contributed by atoms with E-state index in [0.717, 1.165) is 12.3 Å². The third kappa shape index (κ3) is 2.66. The normalized spacial score (nSPS) is 36.0. The Kier molecular flexibility index (Phi) is 4.32. The van der Waals surface area contributed by atoms with E-state index < -0.39 is 0 Å². The quantitative estimate of drug-likeness (QED) is 0.550. The van der Waals surface area contributed by atoms with Crippen molar-refractivity contribution in [2.24, 2.45) is 22.7 Å². The highest BCUT2D eigenvalue weighted by Crippen LogP contribution is 2.60. The first-order valence-electron chi connectivity index (χ1n) is 8.05. The van der Waals surface area contributed by atoms with Gasteiger partial charge in [0.05, 0.1) is 7.11 Å². The van der Waals surface area contributed by atoms with E-state index in [0.29, 0.717) is 23.2 Å². The van der Waals surface area contributed by atoms with Crippen LogP contribution in [0.1, 0.15) is 66.2 Å². The minimum atomic E-state index is -0.0707. The summed E-state index contributed by atoms with van der Waals surface area (Å²) in [5.41, 5.74) is 2.27. The number of esters is 1. The van der Waals surface area contributed by atoms with Crippen molar-refractivity contribution in [3.63, 3.8) is 0 Å². The molecule has 2 rings (SSSR count). The zero-order valence-corrected chi connectivity index (χ0v) is 13.8. The molecule has 2 heteroatoms. The third-order valence-electron chi connectivity index (χ3n) is 6.16. The summed E-state index contributed by atoms with van der Waals surface area (Å²) in [6.45, 7) is 9.59. The van der Waals surface area contributed by atoms with Gasteiger partial charge in [-0.3, -0.25) is 4.79 Å². The van der Waals surface area contributed by atoms with Crippen LogP contribution in [0.15, 0.2) is 11.6 Å². The monoisotopic (exact) mass is 278 g/mol. The number of allylic oxidation sites excluding steroid dienone is 2. The van der Waals surface area contributed by atoms with Gasteiger partial charge in [0, 0.05) is 6.42 Å². The molecule has 0 aromatic rings. The Morgan fingerprint density at radius 3 is 2.70 bits per heavy atom. The SMILES string of the molecule is COC(=O)CC[C@@H]1C(C)=CC[C@H]2C(C)(C)CCC[C@]12C. The van der Waals surface area contributed by atoms with Gasteiger partial charge in [0.25, 0.3) is 0 Å². The first-order valence-corrected chi connectivity index (χ1v) is 8.05. The Hall–Kier alpha value is -0.790. The largest absolute Gasteiger partial charge is 0.469 e. The van der Waals surface area contributed by atoms with E-state index in [-0.39, 0.29) is 5.97 Å². The van der Waals surface area contributed by atoms with E-state index in [1.165, 1.54) is 38.4 Å². The van der Waals surface area contributed by atoms with E-state index in [2.05, 4.69) is 33.8 Å². The fourth-order valence-corrected chi connectivity index (χ4v) is 5.06. The molecule has 0 radical (unpaired) electrons. The lowest BCUT2D eigenvalue weighted by Gasteiger charge is -2.57.